The summed E-state index contributed by atoms with van der Waals surface area (Å²) in [5, 5.41) is 0. The van der Waals surface area contributed by atoms with Crippen molar-refractivity contribution in [2.45, 2.75) is 19.8 Å². The Balaban J connectivity index is 2.74. The SMILES string of the molecule is CCC(C(=O)Cc1cccc(F)c1)C(=O)OC. The third-order valence-electron chi connectivity index (χ3n) is 2.55. The van der Waals surface area contributed by atoms with Gasteiger partial charge in [0.05, 0.1) is 7.11 Å². The molecule has 0 aromatic heterocycles. The molecule has 0 fully saturated rings. The molecule has 0 bridgehead atoms. The number of carbonyl (C=O) groups excluding carboxylic acids is 2. The third kappa shape index (κ3) is 3.66. The lowest BCUT2D eigenvalue weighted by atomic mass is 9.96. The molecule has 1 rings (SSSR count). The summed E-state index contributed by atoms with van der Waals surface area (Å²) < 4.78 is 17.5. The van der Waals surface area contributed by atoms with Gasteiger partial charge in [0, 0.05) is 6.42 Å². The molecule has 1 aromatic rings. The highest BCUT2D eigenvalue weighted by molar-refractivity contribution is 5.99. The highest BCUT2D eigenvalue weighted by atomic mass is 19.1. The van der Waals surface area contributed by atoms with E-state index in [-0.39, 0.29) is 18.0 Å². The quantitative estimate of drug-likeness (QED) is 0.583. The van der Waals surface area contributed by atoms with Crippen LogP contribution >= 0.6 is 0 Å². The minimum atomic E-state index is -0.761. The molecule has 17 heavy (non-hydrogen) atoms. The lowest BCUT2D eigenvalue weighted by molar-refractivity contribution is -0.149. The molecular weight excluding hydrogens is 223 g/mol. The van der Waals surface area contributed by atoms with Crippen LogP contribution in [-0.2, 0) is 20.7 Å². The lowest BCUT2D eigenvalue weighted by Gasteiger charge is -2.11. The topological polar surface area (TPSA) is 43.4 Å². The van der Waals surface area contributed by atoms with Crippen molar-refractivity contribution in [1.82, 2.24) is 0 Å². The molecule has 0 heterocycles. The van der Waals surface area contributed by atoms with E-state index in [0.29, 0.717) is 12.0 Å². The van der Waals surface area contributed by atoms with Crippen LogP contribution in [0.3, 0.4) is 0 Å². The van der Waals surface area contributed by atoms with Gasteiger partial charge in [-0.3, -0.25) is 9.59 Å². The highest BCUT2D eigenvalue weighted by Gasteiger charge is 2.25. The zero-order chi connectivity index (χ0) is 12.8. The molecule has 0 aliphatic carbocycles. The normalized spacial score (nSPS) is 11.9. The number of methoxy groups -OCH3 is 1. The summed E-state index contributed by atoms with van der Waals surface area (Å²) in [6.07, 6.45) is 0.437. The van der Waals surface area contributed by atoms with Gasteiger partial charge in [0.1, 0.15) is 11.7 Å². The summed E-state index contributed by atoms with van der Waals surface area (Å²) in [4.78, 5) is 23.2. The van der Waals surface area contributed by atoms with Gasteiger partial charge >= 0.3 is 5.97 Å². The van der Waals surface area contributed by atoms with Crippen LogP contribution in [0.2, 0.25) is 0 Å². The number of esters is 1. The molecule has 0 amide bonds. The summed E-state index contributed by atoms with van der Waals surface area (Å²) >= 11 is 0. The number of ketones is 1. The third-order valence-corrected chi connectivity index (χ3v) is 2.55. The van der Waals surface area contributed by atoms with Crippen molar-refractivity contribution < 1.29 is 18.7 Å². The van der Waals surface area contributed by atoms with Crippen molar-refractivity contribution in [3.8, 4) is 0 Å². The molecule has 1 atom stereocenters. The molecule has 0 spiro atoms. The van der Waals surface area contributed by atoms with Gasteiger partial charge < -0.3 is 4.74 Å². The average molecular weight is 238 g/mol. The Labute approximate surface area is 99.6 Å². The van der Waals surface area contributed by atoms with E-state index in [1.807, 2.05) is 0 Å². The zero-order valence-electron chi connectivity index (χ0n) is 9.90. The summed E-state index contributed by atoms with van der Waals surface area (Å²) in [7, 11) is 1.25. The molecule has 1 aromatic carbocycles. The van der Waals surface area contributed by atoms with Crippen LogP contribution in [0, 0.1) is 11.7 Å². The van der Waals surface area contributed by atoms with Gasteiger partial charge in [-0.25, -0.2) is 4.39 Å². The van der Waals surface area contributed by atoms with Crippen molar-refractivity contribution in [3.05, 3.63) is 35.6 Å². The lowest BCUT2D eigenvalue weighted by Crippen LogP contribution is -2.26. The molecule has 0 radical (unpaired) electrons. The second-order valence-corrected chi connectivity index (χ2v) is 3.76. The predicted molar refractivity (Wildman–Crippen MR) is 60.9 cm³/mol. The van der Waals surface area contributed by atoms with Gasteiger partial charge in [0.15, 0.2) is 5.78 Å². The zero-order valence-corrected chi connectivity index (χ0v) is 9.90. The first kappa shape index (κ1) is 13.4. The Morgan fingerprint density at radius 2 is 2.12 bits per heavy atom. The Morgan fingerprint density at radius 1 is 1.41 bits per heavy atom. The number of hydrogen-bond acceptors (Lipinski definition) is 3. The van der Waals surface area contributed by atoms with Gasteiger partial charge in [0.2, 0.25) is 0 Å². The molecule has 92 valence electrons. The van der Waals surface area contributed by atoms with Crippen molar-refractivity contribution in [2.24, 2.45) is 5.92 Å². The van der Waals surface area contributed by atoms with Gasteiger partial charge in [-0.15, -0.1) is 0 Å². The van der Waals surface area contributed by atoms with E-state index in [9.17, 15) is 14.0 Å². The van der Waals surface area contributed by atoms with Crippen LogP contribution in [0.4, 0.5) is 4.39 Å². The van der Waals surface area contributed by atoms with E-state index in [1.165, 1.54) is 25.3 Å². The van der Waals surface area contributed by atoms with Gasteiger partial charge in [-0.05, 0) is 24.1 Å². The van der Waals surface area contributed by atoms with Crippen molar-refractivity contribution >= 4 is 11.8 Å². The van der Waals surface area contributed by atoms with E-state index in [2.05, 4.69) is 4.74 Å². The van der Waals surface area contributed by atoms with E-state index < -0.39 is 11.9 Å². The molecule has 0 saturated heterocycles. The van der Waals surface area contributed by atoms with E-state index in [1.54, 1.807) is 13.0 Å². The monoisotopic (exact) mass is 238 g/mol. The Kier molecular flexibility index (Phi) is 4.82. The molecular formula is C13H15FO3. The number of rotatable bonds is 5. The first-order chi connectivity index (χ1) is 8.08. The second-order valence-electron chi connectivity index (χ2n) is 3.76. The Morgan fingerprint density at radius 3 is 2.65 bits per heavy atom. The number of Topliss-reactive ketones (excluding diaryl/α,β-unsaturated/α-hetero) is 1. The second kappa shape index (κ2) is 6.13. The average Bonchev–Trinajstić information content (AvgIpc) is 2.29. The number of benzene rings is 1. The summed E-state index contributed by atoms with van der Waals surface area (Å²) in [5.41, 5.74) is 0.567. The van der Waals surface area contributed by atoms with Crippen molar-refractivity contribution in [1.29, 1.82) is 0 Å². The van der Waals surface area contributed by atoms with E-state index in [4.69, 9.17) is 0 Å². The van der Waals surface area contributed by atoms with E-state index in [0.717, 1.165) is 0 Å². The molecule has 1 unspecified atom stereocenters. The molecule has 0 saturated carbocycles. The van der Waals surface area contributed by atoms with Crippen molar-refractivity contribution in [3.63, 3.8) is 0 Å². The molecule has 3 nitrogen and oxygen atoms in total. The fourth-order valence-corrected chi connectivity index (χ4v) is 1.64. The van der Waals surface area contributed by atoms with Gasteiger partial charge in [0.25, 0.3) is 0 Å². The first-order valence-electron chi connectivity index (χ1n) is 5.43. The van der Waals surface area contributed by atoms with Crippen LogP contribution in [-0.4, -0.2) is 18.9 Å². The highest BCUT2D eigenvalue weighted by Crippen LogP contribution is 2.12. The van der Waals surface area contributed by atoms with Crippen LogP contribution in [0.25, 0.3) is 0 Å². The van der Waals surface area contributed by atoms with Crippen LogP contribution in [0.1, 0.15) is 18.9 Å². The van der Waals surface area contributed by atoms with Crippen LogP contribution < -0.4 is 0 Å². The maximum absolute atomic E-state index is 12.9. The molecule has 4 heteroatoms. The fourth-order valence-electron chi connectivity index (χ4n) is 1.64. The first-order valence-corrected chi connectivity index (χ1v) is 5.43. The fraction of sp³-hybridized carbons (Fsp3) is 0.385. The van der Waals surface area contributed by atoms with E-state index >= 15 is 0 Å². The van der Waals surface area contributed by atoms with Gasteiger partial charge in [-0.1, -0.05) is 19.1 Å². The Hall–Kier alpha value is -1.71. The number of halogens is 1. The molecule has 0 aliphatic rings. The molecule has 0 N–H and O–H groups in total. The predicted octanol–water partition coefficient (Wildman–Crippen LogP) is 2.14. The molecule has 0 aliphatic heterocycles. The summed E-state index contributed by atoms with van der Waals surface area (Å²) in [5.74, 6) is -1.93. The summed E-state index contributed by atoms with van der Waals surface area (Å²) in [6, 6.07) is 5.80. The summed E-state index contributed by atoms with van der Waals surface area (Å²) in [6.45, 7) is 1.74. The van der Waals surface area contributed by atoms with Crippen LogP contribution in [0.5, 0.6) is 0 Å². The minimum Gasteiger partial charge on any atom is -0.468 e. The smallest absolute Gasteiger partial charge is 0.316 e. The number of hydrogen-bond donors (Lipinski definition) is 0. The maximum atomic E-state index is 12.9. The van der Waals surface area contributed by atoms with Crippen LogP contribution in [0.15, 0.2) is 24.3 Å². The van der Waals surface area contributed by atoms with Crippen molar-refractivity contribution in [2.75, 3.05) is 7.11 Å². The largest absolute Gasteiger partial charge is 0.468 e. The minimum absolute atomic E-state index is 0.0470. The standard InChI is InChI=1S/C13H15FO3/c1-3-11(13(16)17-2)12(15)8-9-5-4-6-10(14)7-9/h4-7,11H,3,8H2,1-2H3. The Bertz CT molecular complexity index is 415. The number of carbonyl (C=O) groups is 2. The number of ether oxygens (including phenoxy) is 1. The van der Waals surface area contributed by atoms with Gasteiger partial charge in [-0.2, -0.15) is 0 Å². The maximum Gasteiger partial charge on any atom is 0.316 e.